The quantitative estimate of drug-likeness (QED) is 0.811. The first-order valence-corrected chi connectivity index (χ1v) is 8.71. The lowest BCUT2D eigenvalue weighted by atomic mass is 10.1. The van der Waals surface area contributed by atoms with Crippen molar-refractivity contribution in [2.24, 2.45) is 0 Å². The van der Waals surface area contributed by atoms with E-state index in [1.807, 2.05) is 0 Å². The molecule has 2 rings (SSSR count). The first kappa shape index (κ1) is 21.0. The number of carboxylic acids is 2. The van der Waals surface area contributed by atoms with Crippen LogP contribution in [0.25, 0.3) is 0 Å². The van der Waals surface area contributed by atoms with Gasteiger partial charge >= 0.3 is 11.9 Å². The molecule has 0 atom stereocenters. The number of likely N-dealkylation sites (tertiary alicyclic amines) is 1. The van der Waals surface area contributed by atoms with Crippen LogP contribution < -0.4 is 4.74 Å². The Balaban J connectivity index is 0.000000450. The van der Waals surface area contributed by atoms with Gasteiger partial charge in [-0.25, -0.2) is 9.59 Å². The third kappa shape index (κ3) is 7.56. The van der Waals surface area contributed by atoms with E-state index in [1.165, 1.54) is 55.5 Å². The number of hydrogen-bond acceptors (Lipinski definition) is 4. The van der Waals surface area contributed by atoms with Crippen molar-refractivity contribution in [3.05, 3.63) is 28.8 Å². The van der Waals surface area contributed by atoms with E-state index in [0.29, 0.717) is 0 Å². The molecule has 1 heterocycles. The molecule has 1 fully saturated rings. The van der Waals surface area contributed by atoms with Crippen molar-refractivity contribution in [2.75, 3.05) is 26.2 Å². The Morgan fingerprint density at radius 3 is 2.00 bits per heavy atom. The van der Waals surface area contributed by atoms with E-state index in [0.717, 1.165) is 18.9 Å². The summed E-state index contributed by atoms with van der Waals surface area (Å²) >= 11 is 0. The van der Waals surface area contributed by atoms with Gasteiger partial charge < -0.3 is 14.9 Å². The molecule has 1 aromatic carbocycles. The van der Waals surface area contributed by atoms with Crippen LogP contribution in [0.5, 0.6) is 5.75 Å². The lowest BCUT2D eigenvalue weighted by Crippen LogP contribution is -2.29. The summed E-state index contributed by atoms with van der Waals surface area (Å²) in [6.07, 6.45) is 5.49. The van der Waals surface area contributed by atoms with E-state index < -0.39 is 11.9 Å². The summed E-state index contributed by atoms with van der Waals surface area (Å²) in [6, 6.07) is 4.33. The number of aryl methyl sites for hydroxylation is 2. The standard InChI is InChI=1S/C17H27NO.C2H2O4/c1-14-8-9-15(2)17(16(14)3)19-13-12-18-10-6-4-5-7-11-18;3-1(4)2(5)6/h8-9H,4-7,10-13H2,1-3H3;(H,3,4)(H,5,6). The Morgan fingerprint density at radius 1 is 0.960 bits per heavy atom. The summed E-state index contributed by atoms with van der Waals surface area (Å²) in [5.41, 5.74) is 3.85. The lowest BCUT2D eigenvalue weighted by Gasteiger charge is -2.21. The van der Waals surface area contributed by atoms with Crippen LogP contribution in [0.15, 0.2) is 12.1 Å². The number of carbonyl (C=O) groups is 2. The van der Waals surface area contributed by atoms with Gasteiger partial charge in [-0.2, -0.15) is 0 Å². The molecule has 0 bridgehead atoms. The van der Waals surface area contributed by atoms with Gasteiger partial charge in [-0.1, -0.05) is 25.0 Å². The van der Waals surface area contributed by atoms with Crippen LogP contribution in [0, 0.1) is 20.8 Å². The average Bonchev–Trinajstić information content (AvgIpc) is 2.83. The maximum Gasteiger partial charge on any atom is 0.414 e. The van der Waals surface area contributed by atoms with E-state index in [9.17, 15) is 0 Å². The van der Waals surface area contributed by atoms with Crippen molar-refractivity contribution in [3.63, 3.8) is 0 Å². The molecule has 140 valence electrons. The number of carboxylic acid groups (broad SMARTS) is 2. The summed E-state index contributed by atoms with van der Waals surface area (Å²) in [5.74, 6) is -2.56. The smallest absolute Gasteiger partial charge is 0.414 e. The summed E-state index contributed by atoms with van der Waals surface area (Å²) in [6.45, 7) is 10.8. The zero-order chi connectivity index (χ0) is 18.8. The molecule has 2 N–H and O–H groups in total. The summed E-state index contributed by atoms with van der Waals surface area (Å²) in [5, 5.41) is 14.8. The van der Waals surface area contributed by atoms with E-state index in [4.69, 9.17) is 24.5 Å². The minimum Gasteiger partial charge on any atom is -0.492 e. The van der Waals surface area contributed by atoms with Crippen molar-refractivity contribution < 1.29 is 24.5 Å². The number of nitrogens with zero attached hydrogens (tertiary/aromatic N) is 1. The van der Waals surface area contributed by atoms with Crippen molar-refractivity contribution in [1.82, 2.24) is 4.90 Å². The zero-order valence-electron chi connectivity index (χ0n) is 15.4. The van der Waals surface area contributed by atoms with E-state index >= 15 is 0 Å². The first-order valence-electron chi connectivity index (χ1n) is 8.71. The third-order valence-electron chi connectivity index (χ3n) is 4.41. The Hall–Kier alpha value is -2.08. The molecule has 0 radical (unpaired) electrons. The Bertz CT molecular complexity index is 565. The predicted octanol–water partition coefficient (Wildman–Crippen LogP) is 3.02. The number of rotatable bonds is 4. The van der Waals surface area contributed by atoms with Gasteiger partial charge in [0.15, 0.2) is 0 Å². The van der Waals surface area contributed by atoms with Gasteiger partial charge in [-0.3, -0.25) is 4.90 Å². The molecule has 1 aliphatic heterocycles. The van der Waals surface area contributed by atoms with Crippen LogP contribution in [-0.4, -0.2) is 53.3 Å². The van der Waals surface area contributed by atoms with Crippen LogP contribution in [0.2, 0.25) is 0 Å². The molecular weight excluding hydrogens is 322 g/mol. The number of aliphatic carboxylic acids is 2. The Morgan fingerprint density at radius 2 is 1.48 bits per heavy atom. The largest absolute Gasteiger partial charge is 0.492 e. The highest BCUT2D eigenvalue weighted by molar-refractivity contribution is 6.27. The molecule has 25 heavy (non-hydrogen) atoms. The molecule has 0 aliphatic carbocycles. The lowest BCUT2D eigenvalue weighted by molar-refractivity contribution is -0.159. The van der Waals surface area contributed by atoms with E-state index in [-0.39, 0.29) is 0 Å². The van der Waals surface area contributed by atoms with Gasteiger partial charge in [-0.05, 0) is 63.4 Å². The molecule has 6 heteroatoms. The second-order valence-corrected chi connectivity index (χ2v) is 6.37. The predicted molar refractivity (Wildman–Crippen MR) is 96.3 cm³/mol. The second-order valence-electron chi connectivity index (χ2n) is 6.37. The van der Waals surface area contributed by atoms with Gasteiger partial charge in [0.25, 0.3) is 0 Å². The molecular formula is C19H29NO5. The zero-order valence-corrected chi connectivity index (χ0v) is 15.4. The fraction of sp³-hybridized carbons (Fsp3) is 0.579. The molecule has 0 amide bonds. The topological polar surface area (TPSA) is 87.1 Å². The van der Waals surface area contributed by atoms with Crippen LogP contribution in [-0.2, 0) is 9.59 Å². The van der Waals surface area contributed by atoms with Gasteiger partial charge in [0.1, 0.15) is 12.4 Å². The van der Waals surface area contributed by atoms with Crippen molar-refractivity contribution in [1.29, 1.82) is 0 Å². The highest BCUT2D eigenvalue weighted by Crippen LogP contribution is 2.25. The highest BCUT2D eigenvalue weighted by atomic mass is 16.5. The second kappa shape index (κ2) is 10.7. The maximum absolute atomic E-state index is 9.10. The molecule has 0 spiro atoms. The number of ether oxygens (including phenoxy) is 1. The third-order valence-corrected chi connectivity index (χ3v) is 4.41. The van der Waals surface area contributed by atoms with Gasteiger partial charge in [0.2, 0.25) is 0 Å². The van der Waals surface area contributed by atoms with Crippen molar-refractivity contribution in [3.8, 4) is 5.75 Å². The molecule has 0 unspecified atom stereocenters. The van der Waals surface area contributed by atoms with Crippen LogP contribution in [0.3, 0.4) is 0 Å². The summed E-state index contributed by atoms with van der Waals surface area (Å²) in [7, 11) is 0. The molecule has 6 nitrogen and oxygen atoms in total. The number of hydrogen-bond donors (Lipinski definition) is 2. The van der Waals surface area contributed by atoms with E-state index in [2.05, 4.69) is 37.8 Å². The van der Waals surface area contributed by atoms with Crippen LogP contribution in [0.1, 0.15) is 42.4 Å². The minimum atomic E-state index is -1.82. The van der Waals surface area contributed by atoms with Crippen molar-refractivity contribution >= 4 is 11.9 Å². The minimum absolute atomic E-state index is 0.811. The van der Waals surface area contributed by atoms with Crippen LogP contribution in [0.4, 0.5) is 0 Å². The Labute approximate surface area is 149 Å². The van der Waals surface area contributed by atoms with Gasteiger partial charge in [-0.15, -0.1) is 0 Å². The van der Waals surface area contributed by atoms with Gasteiger partial charge in [0, 0.05) is 6.54 Å². The fourth-order valence-corrected chi connectivity index (χ4v) is 2.78. The monoisotopic (exact) mass is 351 g/mol. The molecule has 0 saturated carbocycles. The molecule has 1 aliphatic rings. The van der Waals surface area contributed by atoms with Crippen LogP contribution >= 0.6 is 0 Å². The molecule has 1 aromatic rings. The average molecular weight is 351 g/mol. The first-order chi connectivity index (χ1) is 11.8. The van der Waals surface area contributed by atoms with Gasteiger partial charge in [0.05, 0.1) is 0 Å². The van der Waals surface area contributed by atoms with Crippen molar-refractivity contribution in [2.45, 2.75) is 46.5 Å². The fourth-order valence-electron chi connectivity index (χ4n) is 2.78. The Kier molecular flexibility index (Phi) is 8.99. The highest BCUT2D eigenvalue weighted by Gasteiger charge is 2.10. The SMILES string of the molecule is Cc1ccc(C)c(OCCN2CCCCCC2)c1C.O=C(O)C(=O)O. The normalized spacial score (nSPS) is 14.8. The molecule has 0 aromatic heterocycles. The maximum atomic E-state index is 9.10. The summed E-state index contributed by atoms with van der Waals surface area (Å²) < 4.78 is 6.05. The summed E-state index contributed by atoms with van der Waals surface area (Å²) in [4.78, 5) is 20.7. The number of benzene rings is 1. The molecule has 1 saturated heterocycles. The van der Waals surface area contributed by atoms with E-state index in [1.54, 1.807) is 0 Å².